The van der Waals surface area contributed by atoms with E-state index in [4.69, 9.17) is 5.73 Å². The van der Waals surface area contributed by atoms with E-state index >= 15 is 0 Å². The highest BCUT2D eigenvalue weighted by atomic mass is 16.3. The van der Waals surface area contributed by atoms with Crippen molar-refractivity contribution in [3.05, 3.63) is 0 Å². The topological polar surface area (TPSA) is 49.5 Å². The van der Waals surface area contributed by atoms with Crippen molar-refractivity contribution < 1.29 is 5.11 Å². The van der Waals surface area contributed by atoms with Gasteiger partial charge in [-0.3, -0.25) is 4.90 Å². The van der Waals surface area contributed by atoms with Gasteiger partial charge in [-0.2, -0.15) is 0 Å². The van der Waals surface area contributed by atoms with Crippen LogP contribution in [0.5, 0.6) is 0 Å². The highest BCUT2D eigenvalue weighted by Crippen LogP contribution is 2.19. The maximum Gasteiger partial charge on any atom is 0.0756 e. The molecule has 17 heavy (non-hydrogen) atoms. The second-order valence-electron chi connectivity index (χ2n) is 5.60. The van der Waals surface area contributed by atoms with Gasteiger partial charge in [-0.1, -0.05) is 20.3 Å². The Morgan fingerprint density at radius 2 is 1.82 bits per heavy atom. The zero-order valence-corrected chi connectivity index (χ0v) is 12.4. The quantitative estimate of drug-likeness (QED) is 0.655. The van der Waals surface area contributed by atoms with Crippen molar-refractivity contribution in [1.82, 2.24) is 4.90 Å². The van der Waals surface area contributed by atoms with E-state index in [9.17, 15) is 5.11 Å². The van der Waals surface area contributed by atoms with Gasteiger partial charge in [0.25, 0.3) is 0 Å². The summed E-state index contributed by atoms with van der Waals surface area (Å²) in [7, 11) is 0. The molecule has 0 amide bonds. The number of nitrogens with zero attached hydrogens (tertiary/aromatic N) is 1. The van der Waals surface area contributed by atoms with E-state index in [1.807, 2.05) is 6.92 Å². The molecule has 0 aliphatic heterocycles. The number of nitrogens with two attached hydrogens (primary N) is 1. The summed E-state index contributed by atoms with van der Waals surface area (Å²) in [5, 5.41) is 10.1. The average Bonchev–Trinajstić information content (AvgIpc) is 2.28. The lowest BCUT2D eigenvalue weighted by Gasteiger charge is -2.37. The smallest absolute Gasteiger partial charge is 0.0756 e. The highest BCUT2D eigenvalue weighted by Gasteiger charge is 2.26. The van der Waals surface area contributed by atoms with Crippen LogP contribution < -0.4 is 5.73 Å². The minimum absolute atomic E-state index is 0.333. The van der Waals surface area contributed by atoms with Crippen molar-refractivity contribution >= 4 is 0 Å². The first-order chi connectivity index (χ1) is 7.87. The standard InChI is InChI=1S/C14H32N2O/c1-6-8-9-16(12(3)7-2)13(4)10-14(5,17)11-15/h12-13,17H,6-11,15H2,1-5H3. The van der Waals surface area contributed by atoms with Gasteiger partial charge in [0, 0.05) is 18.6 Å². The summed E-state index contributed by atoms with van der Waals surface area (Å²) in [6, 6.07) is 0.958. The number of hydrogen-bond donors (Lipinski definition) is 2. The zero-order valence-electron chi connectivity index (χ0n) is 12.4. The molecule has 0 rings (SSSR count). The van der Waals surface area contributed by atoms with Crippen LogP contribution in [0, 0.1) is 0 Å². The van der Waals surface area contributed by atoms with E-state index in [2.05, 4.69) is 32.6 Å². The van der Waals surface area contributed by atoms with Gasteiger partial charge in [0.05, 0.1) is 5.60 Å². The van der Waals surface area contributed by atoms with E-state index < -0.39 is 5.60 Å². The molecule has 0 saturated carbocycles. The van der Waals surface area contributed by atoms with Gasteiger partial charge in [-0.05, 0) is 46.6 Å². The Labute approximate surface area is 107 Å². The summed E-state index contributed by atoms with van der Waals surface area (Å²) in [4.78, 5) is 2.51. The lowest BCUT2D eigenvalue weighted by atomic mass is 9.95. The van der Waals surface area contributed by atoms with Crippen molar-refractivity contribution in [3.8, 4) is 0 Å². The predicted molar refractivity (Wildman–Crippen MR) is 75.1 cm³/mol. The molecule has 0 aliphatic rings. The van der Waals surface area contributed by atoms with Crippen molar-refractivity contribution in [2.75, 3.05) is 13.1 Å². The molecule has 0 aromatic carbocycles. The fourth-order valence-corrected chi connectivity index (χ4v) is 2.29. The van der Waals surface area contributed by atoms with Gasteiger partial charge < -0.3 is 10.8 Å². The average molecular weight is 244 g/mol. The molecule has 0 aliphatic carbocycles. The van der Waals surface area contributed by atoms with E-state index in [1.165, 1.54) is 12.8 Å². The van der Waals surface area contributed by atoms with Crippen molar-refractivity contribution in [3.63, 3.8) is 0 Å². The normalized spacial score (nSPS) is 19.1. The Morgan fingerprint density at radius 3 is 2.24 bits per heavy atom. The molecule has 104 valence electrons. The van der Waals surface area contributed by atoms with Gasteiger partial charge in [0.2, 0.25) is 0 Å². The van der Waals surface area contributed by atoms with Crippen LogP contribution in [0.3, 0.4) is 0 Å². The van der Waals surface area contributed by atoms with Gasteiger partial charge in [0.1, 0.15) is 0 Å². The third kappa shape index (κ3) is 6.39. The molecule has 0 bridgehead atoms. The summed E-state index contributed by atoms with van der Waals surface area (Å²) in [5.74, 6) is 0. The first-order valence-electron chi connectivity index (χ1n) is 7.06. The molecule has 0 aromatic rings. The van der Waals surface area contributed by atoms with Crippen LogP contribution in [0.4, 0.5) is 0 Å². The summed E-state index contributed by atoms with van der Waals surface area (Å²) in [6.45, 7) is 12.2. The lowest BCUT2D eigenvalue weighted by Crippen LogP contribution is -2.46. The molecule has 0 fully saturated rings. The maximum atomic E-state index is 10.1. The largest absolute Gasteiger partial charge is 0.389 e. The van der Waals surface area contributed by atoms with E-state index in [0.717, 1.165) is 19.4 Å². The van der Waals surface area contributed by atoms with Crippen LogP contribution in [0.15, 0.2) is 0 Å². The van der Waals surface area contributed by atoms with Crippen molar-refractivity contribution in [2.24, 2.45) is 5.73 Å². The Balaban J connectivity index is 4.45. The summed E-state index contributed by atoms with van der Waals surface area (Å²) < 4.78 is 0. The van der Waals surface area contributed by atoms with Gasteiger partial charge in [-0.15, -0.1) is 0 Å². The molecular formula is C14H32N2O. The van der Waals surface area contributed by atoms with E-state index in [-0.39, 0.29) is 0 Å². The fraction of sp³-hybridized carbons (Fsp3) is 1.00. The Hall–Kier alpha value is -0.120. The van der Waals surface area contributed by atoms with Crippen LogP contribution in [-0.4, -0.2) is 40.8 Å². The third-order valence-corrected chi connectivity index (χ3v) is 3.67. The van der Waals surface area contributed by atoms with Gasteiger partial charge >= 0.3 is 0 Å². The number of hydrogen-bond acceptors (Lipinski definition) is 3. The van der Waals surface area contributed by atoms with Crippen LogP contribution in [-0.2, 0) is 0 Å². The Bertz CT molecular complexity index is 195. The molecule has 3 N–H and O–H groups in total. The minimum Gasteiger partial charge on any atom is -0.389 e. The van der Waals surface area contributed by atoms with E-state index in [1.54, 1.807) is 0 Å². The summed E-state index contributed by atoms with van der Waals surface area (Å²) in [5.41, 5.74) is 4.86. The fourth-order valence-electron chi connectivity index (χ4n) is 2.29. The third-order valence-electron chi connectivity index (χ3n) is 3.67. The molecule has 3 unspecified atom stereocenters. The van der Waals surface area contributed by atoms with E-state index in [0.29, 0.717) is 18.6 Å². The van der Waals surface area contributed by atoms with Gasteiger partial charge in [0.15, 0.2) is 0 Å². The SMILES string of the molecule is CCCCN(C(C)CC)C(C)CC(C)(O)CN. The summed E-state index contributed by atoms with van der Waals surface area (Å²) >= 11 is 0. The summed E-state index contributed by atoms with van der Waals surface area (Å²) in [6.07, 6.45) is 4.34. The predicted octanol–water partition coefficient (Wildman–Crippen LogP) is 2.38. The lowest BCUT2D eigenvalue weighted by molar-refractivity contribution is 0.0192. The maximum absolute atomic E-state index is 10.1. The first kappa shape index (κ1) is 16.9. The molecule has 3 heteroatoms. The van der Waals surface area contributed by atoms with Crippen LogP contribution in [0.25, 0.3) is 0 Å². The molecule has 0 radical (unpaired) electrons. The molecule has 0 saturated heterocycles. The molecule has 0 heterocycles. The van der Waals surface area contributed by atoms with Crippen LogP contribution in [0.1, 0.15) is 60.3 Å². The molecule has 3 nitrogen and oxygen atoms in total. The van der Waals surface area contributed by atoms with Crippen molar-refractivity contribution in [2.45, 2.75) is 78.0 Å². The highest BCUT2D eigenvalue weighted by molar-refractivity contribution is 4.82. The number of unbranched alkanes of at least 4 members (excludes halogenated alkanes) is 1. The number of aliphatic hydroxyl groups is 1. The first-order valence-corrected chi connectivity index (χ1v) is 7.06. The second kappa shape index (κ2) is 8.06. The minimum atomic E-state index is -0.739. The molecule has 0 spiro atoms. The van der Waals surface area contributed by atoms with Crippen molar-refractivity contribution in [1.29, 1.82) is 0 Å². The van der Waals surface area contributed by atoms with Gasteiger partial charge in [-0.25, -0.2) is 0 Å². The molecule has 3 atom stereocenters. The Morgan fingerprint density at radius 1 is 1.24 bits per heavy atom. The Kier molecular flexibility index (Phi) is 8.01. The monoisotopic (exact) mass is 244 g/mol. The van der Waals surface area contributed by atoms with Crippen LogP contribution in [0.2, 0.25) is 0 Å². The molecule has 0 aromatic heterocycles. The zero-order chi connectivity index (χ0) is 13.5. The molecular weight excluding hydrogens is 212 g/mol. The number of rotatable bonds is 9. The second-order valence-corrected chi connectivity index (χ2v) is 5.60. The van der Waals surface area contributed by atoms with Crippen LogP contribution >= 0.6 is 0 Å².